The molecule has 5 heteroatoms. The summed E-state index contributed by atoms with van der Waals surface area (Å²) in [7, 11) is 0. The van der Waals surface area contributed by atoms with Crippen LogP contribution in [-0.4, -0.2) is 17.0 Å². The molecule has 0 aliphatic carbocycles. The Morgan fingerprint density at radius 1 is 1.91 bits per heavy atom. The van der Waals surface area contributed by atoms with Crippen LogP contribution in [0.3, 0.4) is 0 Å². The van der Waals surface area contributed by atoms with Gasteiger partial charge in [-0.3, -0.25) is 0 Å². The number of ether oxygens (including phenoxy) is 1. The molecule has 60 valence electrons. The summed E-state index contributed by atoms with van der Waals surface area (Å²) in [6.07, 6.45) is 1.56. The number of esters is 1. The summed E-state index contributed by atoms with van der Waals surface area (Å²) in [5.41, 5.74) is 5.25. The van der Waals surface area contributed by atoms with Crippen LogP contribution in [-0.2, 0) is 4.79 Å². The van der Waals surface area contributed by atoms with E-state index >= 15 is 0 Å². The van der Waals surface area contributed by atoms with Crippen LogP contribution >= 0.6 is 11.3 Å². The Morgan fingerprint density at radius 2 is 2.64 bits per heavy atom. The van der Waals surface area contributed by atoms with Gasteiger partial charge >= 0.3 is 5.97 Å². The van der Waals surface area contributed by atoms with Gasteiger partial charge in [-0.1, -0.05) is 11.3 Å². The van der Waals surface area contributed by atoms with E-state index in [1.165, 1.54) is 11.3 Å². The van der Waals surface area contributed by atoms with Crippen LogP contribution in [0.1, 0.15) is 6.92 Å². The molecular weight excluding hydrogens is 164 g/mol. The monoisotopic (exact) mass is 172 g/mol. The number of carbonyl (C=O) groups excluding carboxylic acids is 1. The molecule has 1 heterocycles. The third kappa shape index (κ3) is 2.28. The van der Waals surface area contributed by atoms with Gasteiger partial charge in [0.2, 0.25) is 0 Å². The lowest BCUT2D eigenvalue weighted by Crippen LogP contribution is -2.30. The van der Waals surface area contributed by atoms with Gasteiger partial charge in [0.15, 0.2) is 0 Å². The minimum absolute atomic E-state index is 0.340. The maximum atomic E-state index is 10.8. The number of aromatic nitrogens is 1. The first-order valence-corrected chi connectivity index (χ1v) is 3.95. The fraction of sp³-hybridized carbons (Fsp3) is 0.333. The molecule has 0 aliphatic rings. The van der Waals surface area contributed by atoms with Crippen LogP contribution in [0, 0.1) is 0 Å². The number of nitrogens with two attached hydrogens (primary N) is 1. The lowest BCUT2D eigenvalue weighted by molar-refractivity contribution is -0.135. The van der Waals surface area contributed by atoms with Gasteiger partial charge in [0.05, 0.1) is 0 Å². The van der Waals surface area contributed by atoms with E-state index in [1.807, 2.05) is 0 Å². The first kappa shape index (κ1) is 8.16. The summed E-state index contributed by atoms with van der Waals surface area (Å²) >= 11 is 1.26. The highest BCUT2D eigenvalue weighted by molar-refractivity contribution is 7.11. The SMILES string of the molecule is CC(N)C(=O)Oc1nccs1. The lowest BCUT2D eigenvalue weighted by atomic mass is 10.4. The number of thiazole rings is 1. The van der Waals surface area contributed by atoms with E-state index in [9.17, 15) is 4.79 Å². The van der Waals surface area contributed by atoms with Crippen LogP contribution in [0.15, 0.2) is 11.6 Å². The molecular formula is C6H8N2O2S. The molecule has 0 saturated heterocycles. The molecule has 0 radical (unpaired) electrons. The van der Waals surface area contributed by atoms with E-state index in [2.05, 4.69) is 4.98 Å². The van der Waals surface area contributed by atoms with Crippen molar-refractivity contribution in [3.05, 3.63) is 11.6 Å². The highest BCUT2D eigenvalue weighted by atomic mass is 32.1. The number of hydrogen-bond donors (Lipinski definition) is 1. The third-order valence-electron chi connectivity index (χ3n) is 0.969. The highest BCUT2D eigenvalue weighted by Crippen LogP contribution is 2.13. The van der Waals surface area contributed by atoms with Gasteiger partial charge in [-0.2, -0.15) is 0 Å². The van der Waals surface area contributed by atoms with Crippen LogP contribution in [0.2, 0.25) is 0 Å². The van der Waals surface area contributed by atoms with Crippen LogP contribution in [0.25, 0.3) is 0 Å². The second-order valence-electron chi connectivity index (χ2n) is 2.01. The first-order valence-electron chi connectivity index (χ1n) is 3.07. The van der Waals surface area contributed by atoms with Crippen molar-refractivity contribution in [3.63, 3.8) is 0 Å². The zero-order valence-corrected chi connectivity index (χ0v) is 6.80. The minimum atomic E-state index is -0.598. The molecule has 1 aromatic rings. The standard InChI is InChI=1S/C6H8N2O2S/c1-4(7)5(9)10-6-8-2-3-11-6/h2-4H,7H2,1H3. The van der Waals surface area contributed by atoms with Crippen molar-refractivity contribution < 1.29 is 9.53 Å². The highest BCUT2D eigenvalue weighted by Gasteiger charge is 2.10. The maximum absolute atomic E-state index is 10.8. The Balaban J connectivity index is 2.50. The lowest BCUT2D eigenvalue weighted by Gasteiger charge is -2.01. The van der Waals surface area contributed by atoms with Crippen molar-refractivity contribution in [3.8, 4) is 5.19 Å². The number of carbonyl (C=O) groups is 1. The topological polar surface area (TPSA) is 65.2 Å². The van der Waals surface area contributed by atoms with Crippen molar-refractivity contribution in [2.24, 2.45) is 5.73 Å². The van der Waals surface area contributed by atoms with Gasteiger partial charge in [-0.05, 0) is 6.92 Å². The Bertz CT molecular complexity index is 233. The van der Waals surface area contributed by atoms with E-state index in [0.717, 1.165) is 0 Å². The van der Waals surface area contributed by atoms with Crippen LogP contribution < -0.4 is 10.5 Å². The van der Waals surface area contributed by atoms with Crippen molar-refractivity contribution in [2.45, 2.75) is 13.0 Å². The predicted molar refractivity (Wildman–Crippen MR) is 41.4 cm³/mol. The van der Waals surface area contributed by atoms with Gasteiger partial charge in [0.25, 0.3) is 5.19 Å². The molecule has 1 atom stereocenters. The number of hydrogen-bond acceptors (Lipinski definition) is 5. The molecule has 11 heavy (non-hydrogen) atoms. The molecule has 0 amide bonds. The fourth-order valence-electron chi connectivity index (χ4n) is 0.440. The van der Waals surface area contributed by atoms with Crippen molar-refractivity contribution in [2.75, 3.05) is 0 Å². The molecule has 1 unspecified atom stereocenters. The molecule has 0 bridgehead atoms. The zero-order valence-electron chi connectivity index (χ0n) is 5.98. The molecule has 0 spiro atoms. The molecule has 0 aliphatic heterocycles. The summed E-state index contributed by atoms with van der Waals surface area (Å²) in [6.45, 7) is 1.57. The predicted octanol–water partition coefficient (Wildman–Crippen LogP) is 0.396. The molecule has 0 fully saturated rings. The van der Waals surface area contributed by atoms with E-state index in [4.69, 9.17) is 10.5 Å². The number of rotatable bonds is 2. The van der Waals surface area contributed by atoms with Crippen molar-refractivity contribution in [1.29, 1.82) is 0 Å². The van der Waals surface area contributed by atoms with Gasteiger partial charge in [0.1, 0.15) is 6.04 Å². The van der Waals surface area contributed by atoms with Gasteiger partial charge < -0.3 is 10.5 Å². The summed E-state index contributed by atoms with van der Waals surface area (Å²) < 4.78 is 4.76. The normalized spacial score (nSPS) is 12.5. The molecule has 2 N–H and O–H groups in total. The zero-order chi connectivity index (χ0) is 8.27. The minimum Gasteiger partial charge on any atom is -0.397 e. The Labute approximate surface area is 68.0 Å². The summed E-state index contributed by atoms with van der Waals surface area (Å²) in [6, 6.07) is -0.598. The molecule has 4 nitrogen and oxygen atoms in total. The van der Waals surface area contributed by atoms with Crippen LogP contribution in [0.5, 0.6) is 5.19 Å². The van der Waals surface area contributed by atoms with Gasteiger partial charge in [-0.15, -0.1) is 0 Å². The Kier molecular flexibility index (Phi) is 2.56. The quantitative estimate of drug-likeness (QED) is 0.655. The maximum Gasteiger partial charge on any atom is 0.329 e. The second kappa shape index (κ2) is 3.45. The average molecular weight is 172 g/mol. The van der Waals surface area contributed by atoms with Crippen molar-refractivity contribution in [1.82, 2.24) is 4.98 Å². The van der Waals surface area contributed by atoms with E-state index in [-0.39, 0.29) is 0 Å². The molecule has 1 aromatic heterocycles. The largest absolute Gasteiger partial charge is 0.397 e. The van der Waals surface area contributed by atoms with E-state index in [0.29, 0.717) is 5.19 Å². The van der Waals surface area contributed by atoms with Crippen molar-refractivity contribution >= 4 is 17.3 Å². The Morgan fingerprint density at radius 3 is 3.09 bits per heavy atom. The molecule has 0 aromatic carbocycles. The smallest absolute Gasteiger partial charge is 0.329 e. The number of nitrogens with zero attached hydrogens (tertiary/aromatic N) is 1. The van der Waals surface area contributed by atoms with Crippen LogP contribution in [0.4, 0.5) is 0 Å². The van der Waals surface area contributed by atoms with Gasteiger partial charge in [0, 0.05) is 11.6 Å². The summed E-state index contributed by atoms with van der Waals surface area (Å²) in [5, 5.41) is 2.07. The van der Waals surface area contributed by atoms with E-state index < -0.39 is 12.0 Å². The third-order valence-corrected chi connectivity index (χ3v) is 1.62. The van der Waals surface area contributed by atoms with Gasteiger partial charge in [-0.25, -0.2) is 9.78 Å². The second-order valence-corrected chi connectivity index (χ2v) is 2.86. The summed E-state index contributed by atoms with van der Waals surface area (Å²) in [5.74, 6) is -0.458. The molecule has 1 rings (SSSR count). The Hall–Kier alpha value is -0.940. The molecule has 0 saturated carbocycles. The fourth-order valence-corrected chi connectivity index (χ4v) is 0.930. The average Bonchev–Trinajstić information content (AvgIpc) is 2.39. The first-order chi connectivity index (χ1) is 5.20. The summed E-state index contributed by atoms with van der Waals surface area (Å²) in [4.78, 5) is 14.6. The van der Waals surface area contributed by atoms with E-state index in [1.54, 1.807) is 18.5 Å².